The van der Waals surface area contributed by atoms with Gasteiger partial charge in [-0.3, -0.25) is 14.6 Å². The Kier molecular flexibility index (Phi) is 6.91. The van der Waals surface area contributed by atoms with Gasteiger partial charge < -0.3 is 10.1 Å². The molecule has 0 aliphatic carbocycles. The minimum Gasteiger partial charge on any atom is -0.384 e. The fourth-order valence-corrected chi connectivity index (χ4v) is 3.18. The number of halogens is 2. The topological polar surface area (TPSA) is 97.2 Å². The van der Waals surface area contributed by atoms with Crippen LogP contribution in [0.1, 0.15) is 29.5 Å². The molecule has 2 aromatic heterocycles. The van der Waals surface area contributed by atoms with Gasteiger partial charge in [-0.1, -0.05) is 6.92 Å². The molecule has 3 rings (SSSR count). The summed E-state index contributed by atoms with van der Waals surface area (Å²) >= 11 is 0. The number of hydrogen-bond donors (Lipinski definition) is 2. The number of aromatic amines is 1. The molecule has 0 saturated heterocycles. The van der Waals surface area contributed by atoms with Crippen LogP contribution in [0.4, 0.5) is 14.6 Å². The number of H-pyrrole nitrogens is 1. The first kappa shape index (κ1) is 22.3. The molecule has 1 amide bonds. The Balaban J connectivity index is 1.87. The standard InChI is InChI=1S/C21H24F2N6O2/c1-12(11-31-4)5-19(25-21(30)18-6-13(2)28-29(18)3)24-20-10-17(26-27-20)14-7-15(22)9-16(23)8-14/h6-10,12H,5,11H2,1-4H3,(H2,24,25,26,27,30)/t12-/m1/s1. The number of methoxy groups -OCH3 is 1. The quantitative estimate of drug-likeness (QED) is 0.443. The van der Waals surface area contributed by atoms with Gasteiger partial charge in [-0.2, -0.15) is 10.2 Å². The molecule has 0 fully saturated rings. The molecule has 1 atom stereocenters. The summed E-state index contributed by atoms with van der Waals surface area (Å²) in [6.45, 7) is 4.24. The highest BCUT2D eigenvalue weighted by Gasteiger charge is 2.17. The molecule has 0 unspecified atom stereocenters. The number of hydrogen-bond acceptors (Lipinski definition) is 5. The van der Waals surface area contributed by atoms with Crippen LogP contribution in [0.5, 0.6) is 0 Å². The van der Waals surface area contributed by atoms with E-state index in [-0.39, 0.29) is 17.6 Å². The van der Waals surface area contributed by atoms with Crippen LogP contribution in [0.2, 0.25) is 0 Å². The predicted octanol–water partition coefficient (Wildman–Crippen LogP) is 3.53. The van der Waals surface area contributed by atoms with Crippen molar-refractivity contribution in [3.63, 3.8) is 0 Å². The molecule has 2 N–H and O–H groups in total. The van der Waals surface area contributed by atoms with E-state index in [0.717, 1.165) is 11.8 Å². The Labute approximate surface area is 178 Å². The van der Waals surface area contributed by atoms with Crippen molar-refractivity contribution in [1.82, 2.24) is 25.3 Å². The van der Waals surface area contributed by atoms with Gasteiger partial charge >= 0.3 is 0 Å². The SMILES string of the molecule is COC[C@H](C)CC(=Nc1cc(-c2cc(F)cc(F)c2)[nH]n1)NC(=O)c1cc(C)nn1C. The van der Waals surface area contributed by atoms with E-state index in [0.29, 0.717) is 35.8 Å². The van der Waals surface area contributed by atoms with Gasteiger partial charge in [-0.05, 0) is 31.0 Å². The molecule has 31 heavy (non-hydrogen) atoms. The van der Waals surface area contributed by atoms with Gasteiger partial charge in [0.25, 0.3) is 5.91 Å². The number of nitrogens with one attached hydrogen (secondary N) is 2. The van der Waals surface area contributed by atoms with Gasteiger partial charge in [0.05, 0.1) is 11.4 Å². The Bertz CT molecular complexity index is 1080. The molecule has 0 radical (unpaired) electrons. The lowest BCUT2D eigenvalue weighted by molar-refractivity contribution is 0.0966. The van der Waals surface area contributed by atoms with Crippen molar-refractivity contribution in [3.05, 3.63) is 53.4 Å². The molecule has 0 aliphatic rings. The second kappa shape index (κ2) is 9.61. The average molecular weight is 430 g/mol. The van der Waals surface area contributed by atoms with Crippen LogP contribution in [0, 0.1) is 24.5 Å². The van der Waals surface area contributed by atoms with Crippen molar-refractivity contribution in [1.29, 1.82) is 0 Å². The van der Waals surface area contributed by atoms with Gasteiger partial charge in [0.2, 0.25) is 0 Å². The molecule has 2 heterocycles. The van der Waals surface area contributed by atoms with Gasteiger partial charge in [-0.25, -0.2) is 13.8 Å². The maximum Gasteiger partial charge on any atom is 0.274 e. The van der Waals surface area contributed by atoms with Crippen LogP contribution >= 0.6 is 0 Å². The summed E-state index contributed by atoms with van der Waals surface area (Å²) in [6, 6.07) is 6.41. The Morgan fingerprint density at radius 1 is 1.26 bits per heavy atom. The number of aryl methyl sites for hydroxylation is 2. The van der Waals surface area contributed by atoms with Crippen molar-refractivity contribution in [2.24, 2.45) is 18.0 Å². The fourth-order valence-electron chi connectivity index (χ4n) is 3.18. The van der Waals surface area contributed by atoms with E-state index in [1.807, 2.05) is 6.92 Å². The lowest BCUT2D eigenvalue weighted by Crippen LogP contribution is -2.33. The lowest BCUT2D eigenvalue weighted by atomic mass is 10.1. The second-order valence-corrected chi connectivity index (χ2v) is 7.37. The minimum atomic E-state index is -0.692. The summed E-state index contributed by atoms with van der Waals surface area (Å²) in [7, 11) is 3.28. The summed E-state index contributed by atoms with van der Waals surface area (Å²) in [4.78, 5) is 17.2. The number of carbonyl (C=O) groups is 1. The largest absolute Gasteiger partial charge is 0.384 e. The lowest BCUT2D eigenvalue weighted by Gasteiger charge is -2.13. The molecule has 1 aromatic carbocycles. The Morgan fingerprint density at radius 2 is 1.97 bits per heavy atom. The van der Waals surface area contributed by atoms with E-state index >= 15 is 0 Å². The van der Waals surface area contributed by atoms with Crippen LogP contribution in [0.25, 0.3) is 11.3 Å². The molecule has 3 aromatic rings. The third-order valence-corrected chi connectivity index (χ3v) is 4.47. The summed E-state index contributed by atoms with van der Waals surface area (Å²) in [5, 5.41) is 13.8. The third-order valence-electron chi connectivity index (χ3n) is 4.47. The number of benzene rings is 1. The number of amides is 1. The van der Waals surface area contributed by atoms with Crippen molar-refractivity contribution in [2.45, 2.75) is 20.3 Å². The summed E-state index contributed by atoms with van der Waals surface area (Å²) < 4.78 is 33.7. The second-order valence-electron chi connectivity index (χ2n) is 7.37. The number of nitrogens with zero attached hydrogens (tertiary/aromatic N) is 4. The monoisotopic (exact) mass is 430 g/mol. The van der Waals surface area contributed by atoms with Crippen LogP contribution in [0.3, 0.4) is 0 Å². The number of ether oxygens (including phenoxy) is 1. The average Bonchev–Trinajstić information content (AvgIpc) is 3.27. The highest BCUT2D eigenvalue weighted by atomic mass is 19.1. The van der Waals surface area contributed by atoms with Gasteiger partial charge in [0.1, 0.15) is 23.2 Å². The third kappa shape index (κ3) is 5.82. The number of amidine groups is 1. The zero-order chi connectivity index (χ0) is 22.5. The summed E-state index contributed by atoms with van der Waals surface area (Å²) in [5.41, 5.74) is 1.81. The fraction of sp³-hybridized carbons (Fsp3) is 0.333. The summed E-state index contributed by atoms with van der Waals surface area (Å²) in [5.74, 6) is -1.01. The highest BCUT2D eigenvalue weighted by Crippen LogP contribution is 2.23. The van der Waals surface area contributed by atoms with Gasteiger partial charge in [0, 0.05) is 44.9 Å². The van der Waals surface area contributed by atoms with Crippen LogP contribution in [0.15, 0.2) is 35.3 Å². The molecular weight excluding hydrogens is 406 g/mol. The van der Waals surface area contributed by atoms with E-state index < -0.39 is 11.6 Å². The first-order chi connectivity index (χ1) is 14.7. The molecule has 0 saturated carbocycles. The van der Waals surface area contributed by atoms with Crippen molar-refractivity contribution < 1.29 is 18.3 Å². The first-order valence-electron chi connectivity index (χ1n) is 9.65. The maximum atomic E-state index is 13.5. The molecule has 0 bridgehead atoms. The van der Waals surface area contributed by atoms with Crippen molar-refractivity contribution >= 4 is 17.6 Å². The normalized spacial score (nSPS) is 12.8. The minimum absolute atomic E-state index is 0.0769. The van der Waals surface area contributed by atoms with E-state index in [2.05, 4.69) is 25.6 Å². The molecular formula is C21H24F2N6O2. The molecule has 8 nitrogen and oxygen atoms in total. The predicted molar refractivity (Wildman–Crippen MR) is 112 cm³/mol. The number of rotatable bonds is 7. The molecule has 10 heteroatoms. The maximum absolute atomic E-state index is 13.5. The Morgan fingerprint density at radius 3 is 2.58 bits per heavy atom. The molecule has 164 valence electrons. The van der Waals surface area contributed by atoms with Crippen LogP contribution in [-0.4, -0.2) is 45.4 Å². The molecule has 0 aliphatic heterocycles. The van der Waals surface area contributed by atoms with Crippen molar-refractivity contribution in [2.75, 3.05) is 13.7 Å². The number of aliphatic imine (C=N–C) groups is 1. The highest BCUT2D eigenvalue weighted by molar-refractivity contribution is 6.06. The van der Waals surface area contributed by atoms with Gasteiger partial charge in [0.15, 0.2) is 5.82 Å². The zero-order valence-corrected chi connectivity index (χ0v) is 17.7. The zero-order valence-electron chi connectivity index (χ0n) is 17.7. The number of carbonyl (C=O) groups excluding carboxylic acids is 1. The van der Waals surface area contributed by atoms with Crippen molar-refractivity contribution in [3.8, 4) is 11.3 Å². The van der Waals surface area contributed by atoms with Gasteiger partial charge in [-0.15, -0.1) is 0 Å². The first-order valence-corrected chi connectivity index (χ1v) is 9.65. The van der Waals surface area contributed by atoms with Crippen LogP contribution in [-0.2, 0) is 11.8 Å². The summed E-state index contributed by atoms with van der Waals surface area (Å²) in [6.07, 6.45) is 0.424. The molecule has 0 spiro atoms. The van der Waals surface area contributed by atoms with E-state index in [1.54, 1.807) is 33.2 Å². The van der Waals surface area contributed by atoms with Crippen LogP contribution < -0.4 is 5.32 Å². The Hall–Kier alpha value is -3.40. The van der Waals surface area contributed by atoms with E-state index in [1.165, 1.54) is 16.8 Å². The number of aromatic nitrogens is 4. The van der Waals surface area contributed by atoms with E-state index in [9.17, 15) is 13.6 Å². The smallest absolute Gasteiger partial charge is 0.274 e. The van der Waals surface area contributed by atoms with E-state index in [4.69, 9.17) is 4.74 Å².